The van der Waals surface area contributed by atoms with Gasteiger partial charge in [0, 0.05) is 10.7 Å². The highest BCUT2D eigenvalue weighted by Gasteiger charge is 2.29. The van der Waals surface area contributed by atoms with Crippen LogP contribution in [0.25, 0.3) is 5.69 Å². The zero-order valence-electron chi connectivity index (χ0n) is 14.3. The van der Waals surface area contributed by atoms with E-state index in [0.29, 0.717) is 16.6 Å². The van der Waals surface area contributed by atoms with Crippen molar-refractivity contribution >= 4 is 35.1 Å². The van der Waals surface area contributed by atoms with Crippen LogP contribution in [0.2, 0.25) is 5.02 Å². The Balaban J connectivity index is 1.85. The third-order valence-corrected chi connectivity index (χ3v) is 5.81. The Morgan fingerprint density at radius 1 is 1.30 bits per heavy atom. The quantitative estimate of drug-likeness (QED) is 0.693. The molecule has 0 radical (unpaired) electrons. The monoisotopic (exact) mass is 401 g/mol. The molecule has 1 aromatic heterocycles. The molecule has 0 aliphatic carbocycles. The van der Waals surface area contributed by atoms with Crippen molar-refractivity contribution in [1.29, 1.82) is 0 Å². The van der Waals surface area contributed by atoms with Crippen LogP contribution < -0.4 is 10.1 Å². The van der Waals surface area contributed by atoms with Gasteiger partial charge in [-0.1, -0.05) is 17.7 Å². The molecule has 6 nitrogen and oxygen atoms in total. The summed E-state index contributed by atoms with van der Waals surface area (Å²) >= 11 is 7.48. The summed E-state index contributed by atoms with van der Waals surface area (Å²) in [6, 6.07) is 12.7. The van der Waals surface area contributed by atoms with Crippen molar-refractivity contribution in [3.8, 4) is 17.2 Å². The number of benzene rings is 2. The molecule has 1 aliphatic heterocycles. The predicted molar refractivity (Wildman–Crippen MR) is 106 cm³/mol. The second-order valence-corrected chi connectivity index (χ2v) is 7.53. The molecule has 138 valence electrons. The molecule has 2 heterocycles. The maximum atomic E-state index is 12.1. The Morgan fingerprint density at radius 2 is 2.07 bits per heavy atom. The summed E-state index contributed by atoms with van der Waals surface area (Å²) in [5.74, 6) is 1.15. The number of nitrogens with zero attached hydrogens (tertiary/aromatic N) is 2. The van der Waals surface area contributed by atoms with Gasteiger partial charge in [0.05, 0.1) is 23.8 Å². The number of rotatable bonds is 3. The lowest BCUT2D eigenvalue weighted by Gasteiger charge is -2.19. The molecule has 4 rings (SSSR count). The fourth-order valence-electron chi connectivity index (χ4n) is 3.04. The predicted octanol–water partition coefficient (Wildman–Crippen LogP) is 4.01. The number of phenols is 1. The molecular weight excluding hydrogens is 386 g/mol. The normalized spacial score (nSPS) is 16.4. The van der Waals surface area contributed by atoms with E-state index < -0.39 is 0 Å². The Bertz CT molecular complexity index is 1000. The van der Waals surface area contributed by atoms with E-state index in [2.05, 4.69) is 10.3 Å². The summed E-state index contributed by atoms with van der Waals surface area (Å²) in [6.45, 7) is 0. The molecule has 0 spiro atoms. The summed E-state index contributed by atoms with van der Waals surface area (Å²) in [7, 11) is 1.51. The van der Waals surface area contributed by atoms with Gasteiger partial charge in [-0.15, -0.1) is 11.8 Å². The highest BCUT2D eigenvalue weighted by atomic mass is 35.5. The lowest BCUT2D eigenvalue weighted by atomic mass is 10.1. The van der Waals surface area contributed by atoms with E-state index in [-0.39, 0.29) is 22.7 Å². The first kappa shape index (κ1) is 17.8. The Morgan fingerprint density at radius 3 is 2.78 bits per heavy atom. The van der Waals surface area contributed by atoms with Crippen molar-refractivity contribution < 1.29 is 14.6 Å². The van der Waals surface area contributed by atoms with Crippen LogP contribution in [0.4, 0.5) is 5.82 Å². The minimum absolute atomic E-state index is 0.0539. The zero-order valence-corrected chi connectivity index (χ0v) is 15.9. The number of aromatic hydroxyl groups is 1. The summed E-state index contributed by atoms with van der Waals surface area (Å²) in [6.07, 6.45) is 1.68. The zero-order chi connectivity index (χ0) is 19.0. The van der Waals surface area contributed by atoms with Crippen molar-refractivity contribution in [3.05, 3.63) is 65.1 Å². The Hall–Kier alpha value is -2.64. The van der Waals surface area contributed by atoms with Gasteiger partial charge in [-0.25, -0.2) is 4.98 Å². The molecule has 0 fully saturated rings. The van der Waals surface area contributed by atoms with E-state index in [1.54, 1.807) is 30.6 Å². The molecular formula is C19H16ClN3O3S. The number of nitrogens with one attached hydrogen (secondary N) is 1. The van der Waals surface area contributed by atoms with Gasteiger partial charge in [0.25, 0.3) is 0 Å². The van der Waals surface area contributed by atoms with Gasteiger partial charge in [-0.05, 0) is 42.0 Å². The number of anilines is 1. The van der Waals surface area contributed by atoms with E-state index in [1.165, 1.54) is 18.9 Å². The number of fused-ring (bicyclic) bond motifs is 1. The topological polar surface area (TPSA) is 76.4 Å². The first-order valence-corrected chi connectivity index (χ1v) is 9.61. The lowest BCUT2D eigenvalue weighted by molar-refractivity contribution is -0.113. The largest absolute Gasteiger partial charge is 0.504 e. The van der Waals surface area contributed by atoms with Gasteiger partial charge in [-0.3, -0.25) is 9.36 Å². The Kier molecular flexibility index (Phi) is 4.72. The number of phenolic OH excluding ortho intramolecular Hbond substituents is 1. The molecule has 27 heavy (non-hydrogen) atoms. The van der Waals surface area contributed by atoms with Gasteiger partial charge in [-0.2, -0.15) is 0 Å². The average molecular weight is 402 g/mol. The minimum Gasteiger partial charge on any atom is -0.504 e. The molecule has 0 saturated heterocycles. The van der Waals surface area contributed by atoms with Crippen LogP contribution in [0.15, 0.2) is 48.8 Å². The molecule has 1 amide bonds. The number of halogens is 1. The van der Waals surface area contributed by atoms with Crippen LogP contribution in [0.5, 0.6) is 11.5 Å². The number of methoxy groups -OCH3 is 1. The number of thioether (sulfide) groups is 1. The van der Waals surface area contributed by atoms with E-state index >= 15 is 0 Å². The van der Waals surface area contributed by atoms with Crippen molar-refractivity contribution in [2.75, 3.05) is 18.2 Å². The smallest absolute Gasteiger partial charge is 0.235 e. The maximum absolute atomic E-state index is 12.1. The molecule has 0 saturated carbocycles. The first-order chi connectivity index (χ1) is 13.1. The van der Waals surface area contributed by atoms with Crippen LogP contribution in [0, 0.1) is 0 Å². The number of amides is 1. The van der Waals surface area contributed by atoms with Crippen molar-refractivity contribution in [2.24, 2.45) is 0 Å². The van der Waals surface area contributed by atoms with E-state index in [4.69, 9.17) is 16.3 Å². The third kappa shape index (κ3) is 3.36. The second kappa shape index (κ2) is 7.17. The second-order valence-electron chi connectivity index (χ2n) is 6.00. The maximum Gasteiger partial charge on any atom is 0.235 e. The molecule has 0 unspecified atom stereocenters. The van der Waals surface area contributed by atoms with Crippen LogP contribution in [0.3, 0.4) is 0 Å². The average Bonchev–Trinajstić information content (AvgIpc) is 2.98. The summed E-state index contributed by atoms with van der Waals surface area (Å²) in [5, 5.41) is 13.5. The van der Waals surface area contributed by atoms with Crippen molar-refractivity contribution in [3.63, 3.8) is 0 Å². The van der Waals surface area contributed by atoms with Gasteiger partial charge >= 0.3 is 0 Å². The first-order valence-electron chi connectivity index (χ1n) is 8.18. The Labute approximate surface area is 165 Å². The summed E-state index contributed by atoms with van der Waals surface area (Å²) < 4.78 is 7.06. The number of aromatic nitrogens is 2. The highest BCUT2D eigenvalue weighted by molar-refractivity contribution is 8.00. The van der Waals surface area contributed by atoms with Crippen LogP contribution >= 0.6 is 23.4 Å². The highest BCUT2D eigenvalue weighted by Crippen LogP contribution is 2.43. The van der Waals surface area contributed by atoms with Crippen molar-refractivity contribution in [1.82, 2.24) is 9.55 Å². The van der Waals surface area contributed by atoms with E-state index in [9.17, 15) is 9.90 Å². The molecule has 2 aromatic carbocycles. The summed E-state index contributed by atoms with van der Waals surface area (Å²) in [4.78, 5) is 16.5. The standard InChI is InChI=1S/C19H16ClN3O3S/c1-26-15-7-2-11(8-14(15)24)18-17-19(22-16(25)9-27-18)21-10-23(17)13-5-3-12(20)4-6-13/h2-8,10,18,24H,9H2,1H3,(H,22,25)/t18-/m0/s1. The summed E-state index contributed by atoms with van der Waals surface area (Å²) in [5.41, 5.74) is 2.57. The van der Waals surface area contributed by atoms with Gasteiger partial charge in [0.1, 0.15) is 6.33 Å². The lowest BCUT2D eigenvalue weighted by Crippen LogP contribution is -2.12. The molecule has 0 bridgehead atoms. The van der Waals surface area contributed by atoms with Crippen molar-refractivity contribution in [2.45, 2.75) is 5.25 Å². The SMILES string of the molecule is COc1ccc([C@@H]2SCC(=O)Nc3ncn(-c4ccc(Cl)cc4)c32)cc1O. The number of ether oxygens (including phenoxy) is 1. The number of hydrogen-bond acceptors (Lipinski definition) is 5. The minimum atomic E-state index is -0.200. The number of carbonyl (C=O) groups is 1. The molecule has 1 aliphatic rings. The number of imidazole rings is 1. The van der Waals surface area contributed by atoms with Crippen LogP contribution in [-0.2, 0) is 4.79 Å². The number of hydrogen-bond donors (Lipinski definition) is 2. The molecule has 3 aromatic rings. The molecule has 2 N–H and O–H groups in total. The fourth-order valence-corrected chi connectivity index (χ4v) is 4.28. The van der Waals surface area contributed by atoms with Gasteiger partial charge in [0.2, 0.25) is 5.91 Å². The fraction of sp³-hybridized carbons (Fsp3) is 0.158. The molecule has 1 atom stereocenters. The third-order valence-electron chi connectivity index (χ3n) is 4.30. The van der Waals surface area contributed by atoms with Gasteiger partial charge in [0.15, 0.2) is 17.3 Å². The van der Waals surface area contributed by atoms with Crippen LogP contribution in [-0.4, -0.2) is 33.4 Å². The van der Waals surface area contributed by atoms with Gasteiger partial charge < -0.3 is 15.2 Å². The van der Waals surface area contributed by atoms with Crippen LogP contribution in [0.1, 0.15) is 16.5 Å². The van der Waals surface area contributed by atoms with E-state index in [0.717, 1.165) is 16.9 Å². The molecule has 8 heteroatoms. The number of carbonyl (C=O) groups excluding carboxylic acids is 1. The van der Waals surface area contributed by atoms with E-state index in [1.807, 2.05) is 22.8 Å².